The monoisotopic (exact) mass is 355 g/mol. The molecule has 4 aliphatic carbocycles. The predicted molar refractivity (Wildman–Crippen MR) is 98.0 cm³/mol. The number of rotatable bonds is 4. The van der Waals surface area contributed by atoms with Crippen LogP contribution in [0.15, 0.2) is 18.5 Å². The molecule has 0 amide bonds. The van der Waals surface area contributed by atoms with Crippen LogP contribution >= 0.6 is 0 Å². The molecule has 5 atom stereocenters. The summed E-state index contributed by atoms with van der Waals surface area (Å²) in [6.07, 6.45) is 8.50. The van der Waals surface area contributed by atoms with Gasteiger partial charge in [0.1, 0.15) is 11.2 Å². The maximum Gasteiger partial charge on any atom is 0.341 e. The lowest BCUT2D eigenvalue weighted by Gasteiger charge is -2.58. The summed E-state index contributed by atoms with van der Waals surface area (Å²) >= 11 is 0. The van der Waals surface area contributed by atoms with Gasteiger partial charge >= 0.3 is 5.97 Å². The molecule has 4 bridgehead atoms. The van der Waals surface area contributed by atoms with Gasteiger partial charge in [0.25, 0.3) is 0 Å². The van der Waals surface area contributed by atoms with Crippen LogP contribution in [0.25, 0.3) is 11.0 Å². The molecule has 4 aliphatic rings. The van der Waals surface area contributed by atoms with Crippen LogP contribution in [0.3, 0.4) is 0 Å². The van der Waals surface area contributed by atoms with Gasteiger partial charge in [-0.3, -0.25) is 0 Å². The first-order valence-electron chi connectivity index (χ1n) is 9.68. The minimum absolute atomic E-state index is 0.292. The Bertz CT molecular complexity index is 845. The third-order valence-electron chi connectivity index (χ3n) is 6.63. The zero-order chi connectivity index (χ0) is 17.9. The Kier molecular flexibility index (Phi) is 3.54. The highest BCUT2D eigenvalue weighted by Crippen LogP contribution is 2.56. The van der Waals surface area contributed by atoms with Gasteiger partial charge in [0.2, 0.25) is 0 Å². The average molecular weight is 355 g/mol. The van der Waals surface area contributed by atoms with E-state index in [1.807, 2.05) is 19.2 Å². The van der Waals surface area contributed by atoms with Gasteiger partial charge in [-0.25, -0.2) is 9.78 Å². The van der Waals surface area contributed by atoms with Gasteiger partial charge in [-0.2, -0.15) is 0 Å². The summed E-state index contributed by atoms with van der Waals surface area (Å²) < 4.78 is 5.25. The molecule has 0 saturated heterocycles. The van der Waals surface area contributed by atoms with Crippen molar-refractivity contribution in [2.45, 2.75) is 50.7 Å². The number of aromatic nitrogens is 2. The summed E-state index contributed by atoms with van der Waals surface area (Å²) in [5.74, 6) is 1.24. The van der Waals surface area contributed by atoms with Crippen molar-refractivity contribution >= 4 is 22.7 Å². The molecule has 2 unspecified atom stereocenters. The molecule has 4 fully saturated rings. The normalized spacial score (nSPS) is 35.0. The molecular formula is C20H25N3O3. The molecule has 0 aromatic carbocycles. The number of esters is 1. The predicted octanol–water partition coefficient (Wildman–Crippen LogP) is 3.09. The van der Waals surface area contributed by atoms with Crippen molar-refractivity contribution in [3.63, 3.8) is 0 Å². The Morgan fingerprint density at radius 3 is 2.85 bits per heavy atom. The van der Waals surface area contributed by atoms with Crippen molar-refractivity contribution in [2.75, 3.05) is 11.9 Å². The number of nitrogens with one attached hydrogen (secondary N) is 2. The number of aromatic amines is 1. The van der Waals surface area contributed by atoms with E-state index in [9.17, 15) is 9.90 Å². The Morgan fingerprint density at radius 2 is 2.15 bits per heavy atom. The molecule has 6 rings (SSSR count). The van der Waals surface area contributed by atoms with Crippen LogP contribution in [0.2, 0.25) is 0 Å². The highest BCUT2D eigenvalue weighted by atomic mass is 16.5. The summed E-state index contributed by atoms with van der Waals surface area (Å²) in [5.41, 5.74) is 1.62. The van der Waals surface area contributed by atoms with E-state index in [1.165, 1.54) is 12.8 Å². The van der Waals surface area contributed by atoms with Gasteiger partial charge in [0.15, 0.2) is 0 Å². The lowest BCUT2D eigenvalue weighted by Crippen LogP contribution is -2.59. The van der Waals surface area contributed by atoms with Crippen molar-refractivity contribution in [2.24, 2.45) is 17.8 Å². The Balaban J connectivity index is 1.52. The van der Waals surface area contributed by atoms with Gasteiger partial charge in [-0.05, 0) is 62.8 Å². The molecule has 6 heteroatoms. The van der Waals surface area contributed by atoms with E-state index in [0.717, 1.165) is 36.0 Å². The quantitative estimate of drug-likeness (QED) is 0.734. The molecule has 2 aromatic rings. The largest absolute Gasteiger partial charge is 0.462 e. The molecule has 3 N–H and O–H groups in total. The second-order valence-electron chi connectivity index (χ2n) is 8.37. The second-order valence-corrected chi connectivity index (χ2v) is 8.37. The van der Waals surface area contributed by atoms with Gasteiger partial charge in [-0.15, -0.1) is 0 Å². The maximum absolute atomic E-state index is 12.5. The number of hydrogen-bond donors (Lipinski definition) is 3. The average Bonchev–Trinajstić information content (AvgIpc) is 3.05. The first-order valence-corrected chi connectivity index (χ1v) is 9.68. The molecule has 26 heavy (non-hydrogen) atoms. The molecule has 138 valence electrons. The lowest BCUT2D eigenvalue weighted by molar-refractivity contribution is -0.129. The molecule has 0 radical (unpaired) electrons. The zero-order valence-electron chi connectivity index (χ0n) is 15.0. The minimum Gasteiger partial charge on any atom is -0.462 e. The lowest BCUT2D eigenvalue weighted by atomic mass is 9.52. The minimum atomic E-state index is -0.458. The molecule has 2 heterocycles. The van der Waals surface area contributed by atoms with E-state index in [2.05, 4.69) is 15.3 Å². The van der Waals surface area contributed by atoms with E-state index in [1.54, 1.807) is 6.20 Å². The van der Waals surface area contributed by atoms with Crippen molar-refractivity contribution in [3.8, 4) is 0 Å². The number of hydrogen-bond acceptors (Lipinski definition) is 5. The van der Waals surface area contributed by atoms with Gasteiger partial charge in [-0.1, -0.05) is 0 Å². The van der Waals surface area contributed by atoms with E-state index in [-0.39, 0.29) is 5.97 Å². The number of carbonyl (C=O) groups is 1. The molecule has 0 aliphatic heterocycles. The van der Waals surface area contributed by atoms with Crippen LogP contribution in [-0.4, -0.2) is 39.3 Å². The topological polar surface area (TPSA) is 87.2 Å². The highest BCUT2D eigenvalue weighted by molar-refractivity contribution is 6.04. The van der Waals surface area contributed by atoms with E-state index in [0.29, 0.717) is 36.0 Å². The first kappa shape index (κ1) is 16.1. The summed E-state index contributed by atoms with van der Waals surface area (Å²) in [5, 5.41) is 15.4. The van der Waals surface area contributed by atoms with Crippen molar-refractivity contribution in [3.05, 3.63) is 24.0 Å². The number of fused-ring (bicyclic) bond motifs is 1. The molecule has 6 nitrogen and oxygen atoms in total. The first-order chi connectivity index (χ1) is 12.6. The van der Waals surface area contributed by atoms with Crippen LogP contribution in [0.4, 0.5) is 5.69 Å². The molecule has 0 spiro atoms. The van der Waals surface area contributed by atoms with Crippen LogP contribution in [0.1, 0.15) is 49.4 Å². The van der Waals surface area contributed by atoms with Crippen LogP contribution in [0.5, 0.6) is 0 Å². The zero-order valence-corrected chi connectivity index (χ0v) is 15.0. The SMILES string of the molecule is CCOC(=O)c1cnc2[nH]ccc2c1NC1[C@@H]2CC3C[C@H]1C[C@@](O)(C3)C2. The number of ether oxygens (including phenoxy) is 1. The molecule has 4 saturated carbocycles. The second kappa shape index (κ2) is 5.71. The van der Waals surface area contributed by atoms with Crippen LogP contribution in [0, 0.1) is 17.8 Å². The number of aliphatic hydroxyl groups is 1. The van der Waals surface area contributed by atoms with E-state index in [4.69, 9.17) is 4.74 Å². The summed E-state index contributed by atoms with van der Waals surface area (Å²) in [7, 11) is 0. The Labute approximate surface area is 152 Å². The smallest absolute Gasteiger partial charge is 0.341 e. The third kappa shape index (κ3) is 2.42. The van der Waals surface area contributed by atoms with Crippen LogP contribution < -0.4 is 5.32 Å². The van der Waals surface area contributed by atoms with Gasteiger partial charge < -0.3 is 20.1 Å². The van der Waals surface area contributed by atoms with Gasteiger partial charge in [0.05, 0.1) is 17.9 Å². The van der Waals surface area contributed by atoms with Crippen molar-refractivity contribution in [1.82, 2.24) is 9.97 Å². The van der Waals surface area contributed by atoms with E-state index < -0.39 is 5.60 Å². The fourth-order valence-electron chi connectivity index (χ4n) is 5.91. The highest BCUT2D eigenvalue weighted by Gasteiger charge is 2.54. The number of carbonyl (C=O) groups excluding carboxylic acids is 1. The van der Waals surface area contributed by atoms with Crippen LogP contribution in [-0.2, 0) is 4.74 Å². The fourth-order valence-corrected chi connectivity index (χ4v) is 5.91. The standard InChI is InChI=1S/C20H25N3O3/c1-2-26-19(24)15-10-22-18-14(3-4-21-18)17(15)23-16-12-5-11-6-13(16)9-20(25,7-11)8-12/h3-4,10-13,16,25H,2,5-9H2,1H3,(H2,21,22,23)/t11?,12-,13+,16?,20-. The maximum atomic E-state index is 12.5. The van der Waals surface area contributed by atoms with Crippen molar-refractivity contribution < 1.29 is 14.6 Å². The molecular weight excluding hydrogens is 330 g/mol. The fraction of sp³-hybridized carbons (Fsp3) is 0.600. The number of anilines is 1. The van der Waals surface area contributed by atoms with Gasteiger partial charge in [0, 0.05) is 23.8 Å². The summed E-state index contributed by atoms with van der Waals surface area (Å²) in [6.45, 7) is 2.15. The number of H-pyrrole nitrogens is 1. The number of nitrogens with zero attached hydrogens (tertiary/aromatic N) is 1. The third-order valence-corrected chi connectivity index (χ3v) is 6.63. The Hall–Kier alpha value is -2.08. The number of pyridine rings is 1. The Morgan fingerprint density at radius 1 is 1.38 bits per heavy atom. The summed E-state index contributed by atoms with van der Waals surface area (Å²) in [6, 6.07) is 2.25. The summed E-state index contributed by atoms with van der Waals surface area (Å²) in [4.78, 5) is 20.0. The van der Waals surface area contributed by atoms with E-state index >= 15 is 0 Å². The van der Waals surface area contributed by atoms with Crippen molar-refractivity contribution in [1.29, 1.82) is 0 Å². The molecule has 2 aromatic heterocycles.